The number of ketones is 1. The summed E-state index contributed by atoms with van der Waals surface area (Å²) in [5.41, 5.74) is 6.35. The normalized spacial score (nSPS) is 11.2. The van der Waals surface area contributed by atoms with Crippen molar-refractivity contribution in [2.24, 2.45) is 5.92 Å². The van der Waals surface area contributed by atoms with Crippen molar-refractivity contribution in [1.82, 2.24) is 10.3 Å². The molecule has 0 fully saturated rings. The molecular weight excluding hydrogens is 472 g/mol. The van der Waals surface area contributed by atoms with Gasteiger partial charge in [-0.15, -0.1) is 0 Å². The second kappa shape index (κ2) is 13.1. The standard InChI is InChI=1S/C33H36N2O3/c1-4-17-38-18-16-34-33(37)26-12-10-25(11-13-26)27-14-15-31-29(21-27)28(20-24-8-6-5-7-9-24)30(22-35-31)32(36)19-23(2)3/h5-15,21-23H,4,16-20H2,1-3H3,(H,34,37). The van der Waals surface area contributed by atoms with Crippen molar-refractivity contribution in [2.45, 2.75) is 40.0 Å². The van der Waals surface area contributed by atoms with E-state index in [4.69, 9.17) is 4.74 Å². The Labute approximate surface area is 225 Å². The lowest BCUT2D eigenvalue weighted by molar-refractivity contribution is 0.0914. The molecule has 0 saturated carbocycles. The van der Waals surface area contributed by atoms with Gasteiger partial charge in [-0.2, -0.15) is 0 Å². The van der Waals surface area contributed by atoms with Crippen LogP contribution in [-0.2, 0) is 11.2 Å². The van der Waals surface area contributed by atoms with Crippen LogP contribution in [0.15, 0.2) is 79.0 Å². The largest absolute Gasteiger partial charge is 0.380 e. The predicted octanol–water partition coefficient (Wildman–Crippen LogP) is 6.88. The number of rotatable bonds is 12. The van der Waals surface area contributed by atoms with Crippen molar-refractivity contribution in [1.29, 1.82) is 0 Å². The van der Waals surface area contributed by atoms with Gasteiger partial charge in [0, 0.05) is 42.3 Å². The SMILES string of the molecule is CCCOCCNC(=O)c1ccc(-c2ccc3ncc(C(=O)CC(C)C)c(Cc4ccccc4)c3c2)cc1. The van der Waals surface area contributed by atoms with E-state index in [1.165, 1.54) is 0 Å². The number of pyridine rings is 1. The van der Waals surface area contributed by atoms with Crippen LogP contribution < -0.4 is 5.32 Å². The highest BCUT2D eigenvalue weighted by atomic mass is 16.5. The predicted molar refractivity (Wildman–Crippen MR) is 154 cm³/mol. The van der Waals surface area contributed by atoms with Crippen LogP contribution in [0, 0.1) is 5.92 Å². The molecule has 0 saturated heterocycles. The van der Waals surface area contributed by atoms with Gasteiger partial charge in [0.25, 0.3) is 5.91 Å². The molecule has 1 heterocycles. The summed E-state index contributed by atoms with van der Waals surface area (Å²) in [5.74, 6) is 0.285. The molecule has 0 unspecified atom stereocenters. The summed E-state index contributed by atoms with van der Waals surface area (Å²) in [6.07, 6.45) is 3.85. The van der Waals surface area contributed by atoms with E-state index >= 15 is 0 Å². The number of benzene rings is 3. The molecule has 5 nitrogen and oxygen atoms in total. The smallest absolute Gasteiger partial charge is 0.251 e. The minimum absolute atomic E-state index is 0.113. The molecule has 1 N–H and O–H groups in total. The molecule has 3 aromatic carbocycles. The number of ether oxygens (including phenoxy) is 1. The Balaban J connectivity index is 1.64. The minimum Gasteiger partial charge on any atom is -0.380 e. The van der Waals surface area contributed by atoms with Gasteiger partial charge in [-0.1, -0.05) is 69.3 Å². The first-order chi connectivity index (χ1) is 18.5. The number of Topliss-reactive ketones (excluding diaryl/α,β-unsaturated/α-hetero) is 1. The van der Waals surface area contributed by atoms with E-state index in [0.717, 1.165) is 39.6 Å². The molecule has 0 atom stereocenters. The molecular formula is C33H36N2O3. The van der Waals surface area contributed by atoms with Crippen molar-refractivity contribution in [3.05, 3.63) is 101 Å². The van der Waals surface area contributed by atoms with Crippen molar-refractivity contribution >= 4 is 22.6 Å². The minimum atomic E-state index is -0.113. The lowest BCUT2D eigenvalue weighted by Gasteiger charge is -2.14. The zero-order valence-corrected chi connectivity index (χ0v) is 22.5. The molecule has 4 aromatic rings. The van der Waals surface area contributed by atoms with E-state index in [2.05, 4.69) is 49.3 Å². The molecule has 5 heteroatoms. The summed E-state index contributed by atoms with van der Waals surface area (Å²) in [6.45, 7) is 7.88. The summed E-state index contributed by atoms with van der Waals surface area (Å²) in [5, 5.41) is 3.88. The van der Waals surface area contributed by atoms with Crippen LogP contribution in [0.1, 0.15) is 65.5 Å². The first-order valence-corrected chi connectivity index (χ1v) is 13.4. The quantitative estimate of drug-likeness (QED) is 0.167. The Bertz CT molecular complexity index is 1380. The second-order valence-electron chi connectivity index (χ2n) is 10.0. The number of hydrogen-bond donors (Lipinski definition) is 1. The Morgan fingerprint density at radius 1 is 0.921 bits per heavy atom. The Morgan fingerprint density at radius 2 is 1.66 bits per heavy atom. The number of fused-ring (bicyclic) bond motifs is 1. The Morgan fingerprint density at radius 3 is 2.37 bits per heavy atom. The molecule has 0 radical (unpaired) electrons. The molecule has 196 valence electrons. The second-order valence-corrected chi connectivity index (χ2v) is 10.0. The fourth-order valence-corrected chi connectivity index (χ4v) is 4.54. The average molecular weight is 509 g/mol. The van der Waals surface area contributed by atoms with Gasteiger partial charge in [0.05, 0.1) is 12.1 Å². The highest BCUT2D eigenvalue weighted by molar-refractivity contribution is 6.02. The third kappa shape index (κ3) is 6.93. The summed E-state index contributed by atoms with van der Waals surface area (Å²) < 4.78 is 5.43. The molecule has 38 heavy (non-hydrogen) atoms. The topological polar surface area (TPSA) is 68.3 Å². The Kier molecular flexibility index (Phi) is 9.39. The number of carbonyl (C=O) groups is 2. The van der Waals surface area contributed by atoms with Crippen LogP contribution in [0.25, 0.3) is 22.0 Å². The lowest BCUT2D eigenvalue weighted by atomic mass is 9.91. The highest BCUT2D eigenvalue weighted by Gasteiger charge is 2.18. The van der Waals surface area contributed by atoms with Crippen molar-refractivity contribution in [3.63, 3.8) is 0 Å². The molecule has 4 rings (SSSR count). The van der Waals surface area contributed by atoms with Gasteiger partial charge < -0.3 is 10.1 Å². The molecule has 0 aliphatic heterocycles. The fraction of sp³-hybridized carbons (Fsp3) is 0.303. The Hall–Kier alpha value is -3.83. The van der Waals surface area contributed by atoms with Gasteiger partial charge in [-0.05, 0) is 65.3 Å². The van der Waals surface area contributed by atoms with E-state index < -0.39 is 0 Å². The maximum Gasteiger partial charge on any atom is 0.251 e. The molecule has 0 bridgehead atoms. The van der Waals surface area contributed by atoms with Crippen molar-refractivity contribution in [2.75, 3.05) is 19.8 Å². The molecule has 1 amide bonds. The van der Waals surface area contributed by atoms with E-state index in [9.17, 15) is 9.59 Å². The monoisotopic (exact) mass is 508 g/mol. The maximum absolute atomic E-state index is 13.2. The zero-order chi connectivity index (χ0) is 26.9. The van der Waals surface area contributed by atoms with Crippen LogP contribution in [-0.4, -0.2) is 36.4 Å². The summed E-state index contributed by atoms with van der Waals surface area (Å²) in [7, 11) is 0. The van der Waals surface area contributed by atoms with Crippen LogP contribution in [0.5, 0.6) is 0 Å². The van der Waals surface area contributed by atoms with Crippen LogP contribution in [0.4, 0.5) is 0 Å². The summed E-state index contributed by atoms with van der Waals surface area (Å²) in [4.78, 5) is 30.3. The van der Waals surface area contributed by atoms with E-state index in [0.29, 0.717) is 43.7 Å². The molecule has 1 aromatic heterocycles. The fourth-order valence-electron chi connectivity index (χ4n) is 4.54. The van der Waals surface area contributed by atoms with Gasteiger partial charge >= 0.3 is 0 Å². The van der Waals surface area contributed by atoms with Crippen LogP contribution >= 0.6 is 0 Å². The van der Waals surface area contributed by atoms with Gasteiger partial charge in [0.1, 0.15) is 0 Å². The van der Waals surface area contributed by atoms with Crippen LogP contribution in [0.2, 0.25) is 0 Å². The molecule has 0 spiro atoms. The lowest BCUT2D eigenvalue weighted by Crippen LogP contribution is -2.27. The number of nitrogens with zero attached hydrogens (tertiary/aromatic N) is 1. The van der Waals surface area contributed by atoms with Gasteiger partial charge in [-0.3, -0.25) is 14.6 Å². The number of carbonyl (C=O) groups excluding carboxylic acids is 2. The van der Waals surface area contributed by atoms with Crippen molar-refractivity contribution < 1.29 is 14.3 Å². The van der Waals surface area contributed by atoms with Crippen LogP contribution in [0.3, 0.4) is 0 Å². The number of hydrogen-bond acceptors (Lipinski definition) is 4. The third-order valence-corrected chi connectivity index (χ3v) is 6.46. The van der Waals surface area contributed by atoms with E-state index in [1.54, 1.807) is 6.20 Å². The molecule has 0 aliphatic carbocycles. The van der Waals surface area contributed by atoms with Gasteiger partial charge in [-0.25, -0.2) is 0 Å². The summed E-state index contributed by atoms with van der Waals surface area (Å²) in [6, 6.07) is 24.0. The van der Waals surface area contributed by atoms with Gasteiger partial charge in [0.15, 0.2) is 5.78 Å². The van der Waals surface area contributed by atoms with E-state index in [-0.39, 0.29) is 17.6 Å². The van der Waals surface area contributed by atoms with Crippen molar-refractivity contribution in [3.8, 4) is 11.1 Å². The van der Waals surface area contributed by atoms with Gasteiger partial charge in [0.2, 0.25) is 0 Å². The highest BCUT2D eigenvalue weighted by Crippen LogP contribution is 2.30. The first kappa shape index (κ1) is 27.2. The number of amides is 1. The number of aromatic nitrogens is 1. The zero-order valence-electron chi connectivity index (χ0n) is 22.5. The van der Waals surface area contributed by atoms with E-state index in [1.807, 2.05) is 54.6 Å². The number of nitrogens with one attached hydrogen (secondary N) is 1. The first-order valence-electron chi connectivity index (χ1n) is 13.4. The molecule has 0 aliphatic rings. The average Bonchev–Trinajstić information content (AvgIpc) is 2.93. The maximum atomic E-state index is 13.2. The summed E-state index contributed by atoms with van der Waals surface area (Å²) >= 11 is 0. The third-order valence-electron chi connectivity index (χ3n) is 6.46.